The van der Waals surface area contributed by atoms with Crippen LogP contribution < -0.4 is 0 Å². The van der Waals surface area contributed by atoms with Crippen LogP contribution in [0.5, 0.6) is 0 Å². The average Bonchev–Trinajstić information content (AvgIpc) is 3.29. The second-order valence-corrected chi connectivity index (χ2v) is 9.72. The summed E-state index contributed by atoms with van der Waals surface area (Å²) in [5.74, 6) is -1.30. The van der Waals surface area contributed by atoms with Crippen molar-refractivity contribution in [3.8, 4) is 5.69 Å². The normalized spacial score (nSPS) is 18.7. The maximum absolute atomic E-state index is 14.2. The summed E-state index contributed by atoms with van der Waals surface area (Å²) in [4.78, 5) is 16.5. The highest BCUT2D eigenvalue weighted by Gasteiger charge is 2.42. The van der Waals surface area contributed by atoms with E-state index in [0.29, 0.717) is 30.7 Å². The van der Waals surface area contributed by atoms with E-state index in [2.05, 4.69) is 28.6 Å². The molecule has 5 rings (SSSR count). The number of H-pyrrole nitrogens is 1. The Morgan fingerprint density at radius 2 is 2.09 bits per heavy atom. The van der Waals surface area contributed by atoms with E-state index in [1.54, 1.807) is 26.3 Å². The van der Waals surface area contributed by atoms with Crippen molar-refractivity contribution >= 4 is 28.0 Å². The molecule has 1 aromatic carbocycles. The van der Waals surface area contributed by atoms with E-state index in [1.807, 2.05) is 12.1 Å². The number of hydrogen-bond donors (Lipinski definition) is 2. The highest BCUT2D eigenvalue weighted by atomic mass is 19.1. The van der Waals surface area contributed by atoms with E-state index in [9.17, 15) is 14.3 Å². The number of fused-ring (bicyclic) bond motifs is 2. The van der Waals surface area contributed by atoms with Crippen LogP contribution in [0.15, 0.2) is 30.5 Å². The number of aromatic amines is 1. The number of rotatable bonds is 6. The minimum Gasteiger partial charge on any atom is -0.481 e. The van der Waals surface area contributed by atoms with Crippen molar-refractivity contribution in [2.75, 3.05) is 13.7 Å². The molecular formula is C25H27FN4O3. The van der Waals surface area contributed by atoms with Gasteiger partial charge in [-0.25, -0.2) is 9.37 Å². The second-order valence-electron chi connectivity index (χ2n) is 9.72. The van der Waals surface area contributed by atoms with Gasteiger partial charge in [0, 0.05) is 34.9 Å². The van der Waals surface area contributed by atoms with E-state index in [4.69, 9.17) is 9.72 Å². The molecule has 172 valence electrons. The molecule has 2 N–H and O–H groups in total. The lowest BCUT2D eigenvalue weighted by Crippen LogP contribution is -2.33. The van der Waals surface area contributed by atoms with E-state index in [0.717, 1.165) is 33.4 Å². The van der Waals surface area contributed by atoms with Crippen molar-refractivity contribution in [1.29, 1.82) is 0 Å². The number of halogens is 1. The number of ether oxygens (including phenoxy) is 1. The SMILES string of the molecule is COCC(C)(C)c1c(C2CC(C(=O)O)C2)c2nc3[nH]ncc3cc2n1-c1ccc(F)c(C)c1. The third kappa shape index (κ3) is 3.40. The zero-order chi connectivity index (χ0) is 23.5. The van der Waals surface area contributed by atoms with Crippen molar-refractivity contribution in [3.63, 3.8) is 0 Å². The van der Waals surface area contributed by atoms with E-state index in [1.165, 1.54) is 6.07 Å². The van der Waals surface area contributed by atoms with Gasteiger partial charge < -0.3 is 14.4 Å². The Kier molecular flexibility index (Phi) is 5.01. The molecule has 7 nitrogen and oxygen atoms in total. The van der Waals surface area contributed by atoms with E-state index in [-0.39, 0.29) is 17.7 Å². The molecule has 0 unspecified atom stereocenters. The Morgan fingerprint density at radius 3 is 2.76 bits per heavy atom. The Bertz CT molecular complexity index is 1380. The second kappa shape index (κ2) is 7.66. The summed E-state index contributed by atoms with van der Waals surface area (Å²) in [5, 5.41) is 17.4. The first-order valence-electron chi connectivity index (χ1n) is 11.1. The summed E-state index contributed by atoms with van der Waals surface area (Å²) in [5.41, 5.74) is 5.44. The number of carboxylic acids is 1. The topological polar surface area (TPSA) is 93.0 Å². The molecule has 33 heavy (non-hydrogen) atoms. The lowest BCUT2D eigenvalue weighted by atomic mass is 9.69. The van der Waals surface area contributed by atoms with Crippen LogP contribution in [0.2, 0.25) is 0 Å². The van der Waals surface area contributed by atoms with Crippen LogP contribution in [0.3, 0.4) is 0 Å². The predicted molar refractivity (Wildman–Crippen MR) is 123 cm³/mol. The van der Waals surface area contributed by atoms with Crippen LogP contribution >= 0.6 is 0 Å². The number of aryl methyl sites for hydroxylation is 1. The summed E-state index contributed by atoms with van der Waals surface area (Å²) < 4.78 is 21.9. The van der Waals surface area contributed by atoms with Crippen molar-refractivity contribution in [2.45, 2.75) is 44.9 Å². The maximum Gasteiger partial charge on any atom is 0.306 e. The van der Waals surface area contributed by atoms with Crippen molar-refractivity contribution in [3.05, 3.63) is 53.1 Å². The first-order chi connectivity index (χ1) is 15.7. The maximum atomic E-state index is 14.2. The molecule has 0 aliphatic heterocycles. The molecule has 3 heterocycles. The lowest BCUT2D eigenvalue weighted by molar-refractivity contribution is -0.145. The van der Waals surface area contributed by atoms with Gasteiger partial charge in [-0.15, -0.1) is 0 Å². The highest BCUT2D eigenvalue weighted by molar-refractivity contribution is 5.94. The average molecular weight is 451 g/mol. The number of methoxy groups -OCH3 is 1. The smallest absolute Gasteiger partial charge is 0.306 e. The van der Waals surface area contributed by atoms with Gasteiger partial charge in [-0.05, 0) is 55.5 Å². The van der Waals surface area contributed by atoms with Crippen molar-refractivity contribution in [2.24, 2.45) is 5.92 Å². The van der Waals surface area contributed by atoms with Crippen LogP contribution in [-0.2, 0) is 14.9 Å². The molecular weight excluding hydrogens is 423 g/mol. The van der Waals surface area contributed by atoms with Crippen LogP contribution in [0, 0.1) is 18.7 Å². The molecule has 1 saturated carbocycles. The van der Waals surface area contributed by atoms with Gasteiger partial charge in [0.15, 0.2) is 5.65 Å². The summed E-state index contributed by atoms with van der Waals surface area (Å²) in [7, 11) is 1.67. The van der Waals surface area contributed by atoms with E-state index < -0.39 is 11.4 Å². The molecule has 8 heteroatoms. The number of carbonyl (C=O) groups is 1. The Morgan fingerprint density at radius 1 is 1.33 bits per heavy atom. The molecule has 0 atom stereocenters. The molecule has 1 aliphatic rings. The van der Waals surface area contributed by atoms with Crippen LogP contribution in [0.1, 0.15) is 49.4 Å². The zero-order valence-electron chi connectivity index (χ0n) is 19.1. The lowest BCUT2D eigenvalue weighted by Gasteiger charge is -2.36. The van der Waals surface area contributed by atoms with Crippen LogP contribution in [-0.4, -0.2) is 44.5 Å². The molecule has 0 amide bonds. The minimum atomic E-state index is -0.759. The predicted octanol–water partition coefficient (Wildman–Crippen LogP) is 4.85. The van der Waals surface area contributed by atoms with Crippen LogP contribution in [0.4, 0.5) is 4.39 Å². The largest absolute Gasteiger partial charge is 0.481 e. The van der Waals surface area contributed by atoms with Crippen LogP contribution in [0.25, 0.3) is 27.8 Å². The first-order valence-corrected chi connectivity index (χ1v) is 11.1. The highest BCUT2D eigenvalue weighted by Crippen LogP contribution is 2.49. The van der Waals surface area contributed by atoms with Gasteiger partial charge in [0.1, 0.15) is 5.82 Å². The number of nitrogens with one attached hydrogen (secondary N) is 1. The standard InChI is InChI=1S/C25H27FN4O3/c1-13-7-17(5-6-18(13)26)30-19-10-16-11-27-29-23(16)28-21(19)20(14-8-15(9-14)24(31)32)22(30)25(2,3)12-33-4/h5-7,10-11,14-15H,8-9,12H2,1-4H3,(H,31,32)(H,27,28,29). The van der Waals surface area contributed by atoms with Gasteiger partial charge in [0.2, 0.25) is 0 Å². The number of benzene rings is 1. The molecule has 1 aliphatic carbocycles. The summed E-state index contributed by atoms with van der Waals surface area (Å²) in [6, 6.07) is 7.14. The van der Waals surface area contributed by atoms with Crippen molar-refractivity contribution < 1.29 is 19.0 Å². The fraction of sp³-hybridized carbons (Fsp3) is 0.400. The number of pyridine rings is 1. The fourth-order valence-corrected chi connectivity index (χ4v) is 5.16. The summed E-state index contributed by atoms with van der Waals surface area (Å²) >= 11 is 0. The molecule has 1 fully saturated rings. The van der Waals surface area contributed by atoms with Gasteiger partial charge >= 0.3 is 5.97 Å². The van der Waals surface area contributed by atoms with Gasteiger partial charge in [-0.2, -0.15) is 5.10 Å². The third-order valence-electron chi connectivity index (χ3n) is 6.82. The van der Waals surface area contributed by atoms with Gasteiger partial charge in [0.25, 0.3) is 0 Å². The molecule has 0 saturated heterocycles. The Balaban J connectivity index is 1.86. The van der Waals surface area contributed by atoms with Gasteiger partial charge in [-0.3, -0.25) is 9.89 Å². The van der Waals surface area contributed by atoms with Crippen molar-refractivity contribution in [1.82, 2.24) is 19.7 Å². The Labute approximate surface area is 190 Å². The van der Waals surface area contributed by atoms with Gasteiger partial charge in [0.05, 0.1) is 29.8 Å². The third-order valence-corrected chi connectivity index (χ3v) is 6.82. The monoisotopic (exact) mass is 450 g/mol. The first kappa shape index (κ1) is 21.6. The quantitative estimate of drug-likeness (QED) is 0.438. The van der Waals surface area contributed by atoms with Gasteiger partial charge in [-0.1, -0.05) is 13.8 Å². The fourth-order valence-electron chi connectivity index (χ4n) is 5.16. The molecule has 4 aromatic rings. The van der Waals surface area contributed by atoms with E-state index >= 15 is 0 Å². The summed E-state index contributed by atoms with van der Waals surface area (Å²) in [6.07, 6.45) is 2.86. The molecule has 0 bridgehead atoms. The zero-order valence-corrected chi connectivity index (χ0v) is 19.1. The molecule has 0 radical (unpaired) electrons. The Hall–Kier alpha value is -3.26. The number of aliphatic carboxylic acids is 1. The number of hydrogen-bond acceptors (Lipinski definition) is 4. The number of carboxylic acid groups (broad SMARTS) is 1. The molecule has 3 aromatic heterocycles. The minimum absolute atomic E-state index is 0.0652. The number of nitrogens with zero attached hydrogens (tertiary/aromatic N) is 3. The summed E-state index contributed by atoms with van der Waals surface area (Å²) in [6.45, 7) is 6.44. The molecule has 0 spiro atoms. The number of aromatic nitrogens is 4.